The lowest BCUT2D eigenvalue weighted by molar-refractivity contribution is -0.222. The molecule has 0 amide bonds. The van der Waals surface area contributed by atoms with Crippen molar-refractivity contribution in [2.24, 2.45) is 0 Å². The van der Waals surface area contributed by atoms with E-state index in [1.807, 2.05) is 0 Å². The molecule has 7 heteroatoms. The van der Waals surface area contributed by atoms with Crippen LogP contribution in [0.1, 0.15) is 13.8 Å². The summed E-state index contributed by atoms with van der Waals surface area (Å²) < 4.78 is 14.8. The van der Waals surface area contributed by atoms with Gasteiger partial charge in [0, 0.05) is 26.1 Å². The highest BCUT2D eigenvalue weighted by atomic mass is 16.7. The van der Waals surface area contributed by atoms with Gasteiger partial charge in [-0.2, -0.15) is 0 Å². The van der Waals surface area contributed by atoms with E-state index in [0.717, 1.165) is 6.20 Å². The number of carbonyl (C=O) groups is 2. The molecular weight excluding hydrogens is 278 g/mol. The highest BCUT2D eigenvalue weighted by Crippen LogP contribution is 2.28. The molecule has 1 aliphatic rings. The number of rotatable bonds is 3. The summed E-state index contributed by atoms with van der Waals surface area (Å²) in [5.74, 6) is -2.49. The molecule has 1 aromatic rings. The van der Waals surface area contributed by atoms with Gasteiger partial charge >= 0.3 is 11.9 Å². The number of carbonyl (C=O) groups excluding carboxylic acids is 2. The predicted molar refractivity (Wildman–Crippen MR) is 72.6 cm³/mol. The van der Waals surface area contributed by atoms with Crippen molar-refractivity contribution in [2.75, 3.05) is 12.4 Å². The smallest absolute Gasteiger partial charge is 0.350 e. The molecular formula is C14H15NO6. The number of aromatic hydroxyl groups is 1. The Morgan fingerprint density at radius 1 is 1.24 bits per heavy atom. The van der Waals surface area contributed by atoms with Crippen molar-refractivity contribution in [1.82, 2.24) is 0 Å². The first kappa shape index (κ1) is 14.7. The van der Waals surface area contributed by atoms with Crippen molar-refractivity contribution >= 4 is 17.6 Å². The Kier molecular flexibility index (Phi) is 3.75. The standard InChI is InChI=1S/C14H15NO6/c1-14(2)20-12(17)9(13(18)21-14)7-15-10-5-4-8(19-3)6-11(10)16/h4-7,15-16H,1-3H3. The molecule has 0 bridgehead atoms. The molecule has 0 unspecified atom stereocenters. The number of esters is 2. The summed E-state index contributed by atoms with van der Waals surface area (Å²) in [6, 6.07) is 4.54. The average Bonchev–Trinajstić information content (AvgIpc) is 2.37. The van der Waals surface area contributed by atoms with Gasteiger partial charge in [-0.1, -0.05) is 0 Å². The molecule has 0 radical (unpaired) electrons. The summed E-state index contributed by atoms with van der Waals surface area (Å²) >= 11 is 0. The molecule has 2 N–H and O–H groups in total. The van der Waals surface area contributed by atoms with Crippen LogP contribution in [0.4, 0.5) is 5.69 Å². The lowest BCUT2D eigenvalue weighted by Gasteiger charge is -2.29. The van der Waals surface area contributed by atoms with Gasteiger partial charge < -0.3 is 24.6 Å². The molecule has 0 atom stereocenters. The summed E-state index contributed by atoms with van der Waals surface area (Å²) in [4.78, 5) is 23.4. The maximum atomic E-state index is 11.7. The van der Waals surface area contributed by atoms with Crippen LogP contribution >= 0.6 is 0 Å². The lowest BCUT2D eigenvalue weighted by Crippen LogP contribution is -2.42. The summed E-state index contributed by atoms with van der Waals surface area (Å²) in [6.07, 6.45) is 1.13. The first-order valence-electron chi connectivity index (χ1n) is 6.13. The average molecular weight is 293 g/mol. The topological polar surface area (TPSA) is 94.1 Å². The molecule has 0 saturated carbocycles. The van der Waals surface area contributed by atoms with Crippen LogP contribution < -0.4 is 10.1 Å². The van der Waals surface area contributed by atoms with E-state index in [1.54, 1.807) is 6.07 Å². The van der Waals surface area contributed by atoms with Gasteiger partial charge in [0.2, 0.25) is 0 Å². The maximum absolute atomic E-state index is 11.7. The minimum atomic E-state index is -1.28. The van der Waals surface area contributed by atoms with E-state index in [0.29, 0.717) is 11.4 Å². The fourth-order valence-corrected chi connectivity index (χ4v) is 1.69. The van der Waals surface area contributed by atoms with E-state index in [-0.39, 0.29) is 11.3 Å². The Morgan fingerprint density at radius 2 is 1.86 bits per heavy atom. The zero-order chi connectivity index (χ0) is 15.6. The van der Waals surface area contributed by atoms with E-state index in [4.69, 9.17) is 14.2 Å². The molecule has 0 aliphatic carbocycles. The van der Waals surface area contributed by atoms with Crippen LogP contribution in [0.3, 0.4) is 0 Å². The van der Waals surface area contributed by atoms with E-state index in [9.17, 15) is 14.7 Å². The fraction of sp³-hybridized carbons (Fsp3) is 0.286. The molecule has 1 heterocycles. The third-order valence-electron chi connectivity index (χ3n) is 2.69. The molecule has 21 heavy (non-hydrogen) atoms. The van der Waals surface area contributed by atoms with Gasteiger partial charge in [-0.25, -0.2) is 9.59 Å². The number of nitrogens with one attached hydrogen (secondary N) is 1. The van der Waals surface area contributed by atoms with Crippen molar-refractivity contribution in [3.05, 3.63) is 30.0 Å². The van der Waals surface area contributed by atoms with Gasteiger partial charge in [0.15, 0.2) is 5.57 Å². The summed E-state index contributed by atoms with van der Waals surface area (Å²) in [5, 5.41) is 12.4. The minimum absolute atomic E-state index is 0.0935. The number of phenolic OH excluding ortho intramolecular Hbond substituents is 1. The predicted octanol–water partition coefficient (Wildman–Crippen LogP) is 1.53. The molecule has 1 fully saturated rings. The van der Waals surface area contributed by atoms with E-state index >= 15 is 0 Å². The quantitative estimate of drug-likeness (QED) is 0.378. The first-order valence-corrected chi connectivity index (χ1v) is 6.13. The number of phenols is 1. The molecule has 2 rings (SSSR count). The van der Waals surface area contributed by atoms with Gasteiger partial charge in [0.05, 0.1) is 12.8 Å². The van der Waals surface area contributed by atoms with E-state index in [1.165, 1.54) is 33.1 Å². The molecule has 1 saturated heterocycles. The van der Waals surface area contributed by atoms with Gasteiger partial charge in [0.1, 0.15) is 11.5 Å². The number of anilines is 1. The summed E-state index contributed by atoms with van der Waals surface area (Å²) in [5.41, 5.74) is 0.0123. The number of hydrogen-bond donors (Lipinski definition) is 2. The molecule has 1 aliphatic heterocycles. The number of methoxy groups -OCH3 is 1. The van der Waals surface area contributed by atoms with Crippen LogP contribution in [0.2, 0.25) is 0 Å². The third-order valence-corrected chi connectivity index (χ3v) is 2.69. The van der Waals surface area contributed by atoms with Crippen molar-refractivity contribution in [2.45, 2.75) is 19.6 Å². The second-order valence-electron chi connectivity index (χ2n) is 4.76. The van der Waals surface area contributed by atoms with Crippen molar-refractivity contribution in [3.8, 4) is 11.5 Å². The molecule has 0 aromatic heterocycles. The van der Waals surface area contributed by atoms with E-state index in [2.05, 4.69) is 5.32 Å². The largest absolute Gasteiger partial charge is 0.506 e. The van der Waals surface area contributed by atoms with Crippen LogP contribution in [0.15, 0.2) is 30.0 Å². The Balaban J connectivity index is 2.18. The van der Waals surface area contributed by atoms with Crippen LogP contribution in [-0.4, -0.2) is 29.9 Å². The molecule has 112 valence electrons. The Morgan fingerprint density at radius 3 is 2.38 bits per heavy atom. The van der Waals surface area contributed by atoms with Crippen LogP contribution in [0, 0.1) is 0 Å². The normalized spacial score (nSPS) is 16.8. The fourth-order valence-electron chi connectivity index (χ4n) is 1.69. The lowest BCUT2D eigenvalue weighted by atomic mass is 10.2. The Hall–Kier alpha value is -2.70. The Bertz CT molecular complexity index is 598. The van der Waals surface area contributed by atoms with Crippen molar-refractivity contribution in [3.63, 3.8) is 0 Å². The number of ether oxygens (including phenoxy) is 3. The van der Waals surface area contributed by atoms with Gasteiger partial charge in [-0.15, -0.1) is 0 Å². The van der Waals surface area contributed by atoms with Crippen molar-refractivity contribution < 1.29 is 28.9 Å². The summed E-state index contributed by atoms with van der Waals surface area (Å²) in [7, 11) is 1.47. The van der Waals surface area contributed by atoms with Gasteiger partial charge in [-0.05, 0) is 12.1 Å². The van der Waals surface area contributed by atoms with Crippen LogP contribution in [0.5, 0.6) is 11.5 Å². The first-order chi connectivity index (χ1) is 9.82. The maximum Gasteiger partial charge on any atom is 0.350 e. The molecule has 0 spiro atoms. The zero-order valence-corrected chi connectivity index (χ0v) is 11.8. The summed E-state index contributed by atoms with van der Waals surface area (Å²) in [6.45, 7) is 2.92. The molecule has 7 nitrogen and oxygen atoms in total. The van der Waals surface area contributed by atoms with Gasteiger partial charge in [0.25, 0.3) is 5.79 Å². The zero-order valence-electron chi connectivity index (χ0n) is 11.8. The minimum Gasteiger partial charge on any atom is -0.506 e. The number of benzene rings is 1. The van der Waals surface area contributed by atoms with E-state index < -0.39 is 17.7 Å². The Labute approximate surface area is 121 Å². The second kappa shape index (κ2) is 5.35. The third kappa shape index (κ3) is 3.25. The van der Waals surface area contributed by atoms with Crippen molar-refractivity contribution in [1.29, 1.82) is 0 Å². The van der Waals surface area contributed by atoms with Gasteiger partial charge in [-0.3, -0.25) is 0 Å². The highest BCUT2D eigenvalue weighted by molar-refractivity contribution is 6.15. The number of hydrogen-bond acceptors (Lipinski definition) is 7. The monoisotopic (exact) mass is 293 g/mol. The number of cyclic esters (lactones) is 2. The molecule has 1 aromatic carbocycles. The second-order valence-corrected chi connectivity index (χ2v) is 4.76. The van der Waals surface area contributed by atoms with Crippen LogP contribution in [0.25, 0.3) is 0 Å². The van der Waals surface area contributed by atoms with Crippen LogP contribution in [-0.2, 0) is 19.1 Å². The highest BCUT2D eigenvalue weighted by Gasteiger charge is 2.38. The SMILES string of the molecule is COc1ccc(NC=C2C(=O)OC(C)(C)OC2=O)c(O)c1.